The van der Waals surface area contributed by atoms with Crippen molar-refractivity contribution in [2.24, 2.45) is 5.92 Å². The van der Waals surface area contributed by atoms with Crippen molar-refractivity contribution in [3.8, 4) is 5.75 Å². The lowest BCUT2D eigenvalue weighted by molar-refractivity contribution is -0.143. The Labute approximate surface area is 199 Å². The van der Waals surface area contributed by atoms with E-state index in [0.29, 0.717) is 5.75 Å². The highest BCUT2D eigenvalue weighted by molar-refractivity contribution is 5.97. The molecule has 2 aliphatic carbocycles. The number of carbonyl (C=O) groups is 3. The molecule has 2 aromatic carbocycles. The first kappa shape index (κ1) is 22.4. The van der Waals surface area contributed by atoms with Crippen LogP contribution in [0.5, 0.6) is 5.75 Å². The fourth-order valence-corrected chi connectivity index (χ4v) is 5.71. The minimum absolute atomic E-state index is 0.000275. The number of hydrogen-bond acceptors (Lipinski definition) is 4. The van der Waals surface area contributed by atoms with E-state index in [1.54, 1.807) is 0 Å². The first-order valence-electron chi connectivity index (χ1n) is 12.2. The molecule has 0 bridgehead atoms. The second-order valence-corrected chi connectivity index (χ2v) is 9.46. The van der Waals surface area contributed by atoms with E-state index in [2.05, 4.69) is 0 Å². The molecule has 3 atom stereocenters. The third kappa shape index (κ3) is 4.39. The van der Waals surface area contributed by atoms with Crippen LogP contribution in [-0.4, -0.2) is 46.5 Å². The van der Waals surface area contributed by atoms with Gasteiger partial charge in [0.25, 0.3) is 5.91 Å². The van der Waals surface area contributed by atoms with Gasteiger partial charge in [-0.3, -0.25) is 14.4 Å². The van der Waals surface area contributed by atoms with E-state index in [0.717, 1.165) is 43.4 Å². The van der Waals surface area contributed by atoms with Crippen LogP contribution in [0.2, 0.25) is 0 Å². The Balaban J connectivity index is 1.46. The van der Waals surface area contributed by atoms with Gasteiger partial charge in [0.1, 0.15) is 5.75 Å². The van der Waals surface area contributed by atoms with Crippen LogP contribution in [-0.2, 0) is 14.4 Å². The highest BCUT2D eigenvalue weighted by Crippen LogP contribution is 2.52. The van der Waals surface area contributed by atoms with Crippen LogP contribution in [0.1, 0.15) is 56.6 Å². The zero-order valence-corrected chi connectivity index (χ0v) is 19.1. The van der Waals surface area contributed by atoms with Crippen LogP contribution in [0.4, 0.5) is 5.69 Å². The minimum atomic E-state index is -0.956. The Bertz CT molecular complexity index is 1070. The number of rotatable bonds is 8. The van der Waals surface area contributed by atoms with Crippen molar-refractivity contribution in [2.45, 2.75) is 63.1 Å². The van der Waals surface area contributed by atoms with Crippen LogP contribution in [0.3, 0.4) is 0 Å². The average molecular weight is 463 g/mol. The summed E-state index contributed by atoms with van der Waals surface area (Å²) in [4.78, 5) is 41.7. The van der Waals surface area contributed by atoms with Crippen molar-refractivity contribution in [1.29, 1.82) is 0 Å². The lowest BCUT2D eigenvalue weighted by atomic mass is 9.81. The van der Waals surface area contributed by atoms with E-state index in [-0.39, 0.29) is 55.3 Å². The fourth-order valence-electron chi connectivity index (χ4n) is 5.71. The quantitative estimate of drug-likeness (QED) is 0.636. The largest absolute Gasteiger partial charge is 0.484 e. The summed E-state index contributed by atoms with van der Waals surface area (Å²) in [5.41, 5.74) is 1.82. The van der Waals surface area contributed by atoms with Crippen LogP contribution >= 0.6 is 0 Å². The van der Waals surface area contributed by atoms with Gasteiger partial charge in [-0.1, -0.05) is 42.8 Å². The van der Waals surface area contributed by atoms with Gasteiger partial charge in [0.15, 0.2) is 6.61 Å². The maximum absolute atomic E-state index is 13.5. The number of carboxylic acid groups (broad SMARTS) is 1. The van der Waals surface area contributed by atoms with Crippen molar-refractivity contribution < 1.29 is 24.2 Å². The molecule has 3 aliphatic rings. The topological polar surface area (TPSA) is 87.2 Å². The summed E-state index contributed by atoms with van der Waals surface area (Å²) in [7, 11) is 0. The lowest BCUT2D eigenvalue weighted by Gasteiger charge is -2.47. The summed E-state index contributed by atoms with van der Waals surface area (Å²) in [5, 5.41) is 9.12. The molecule has 2 saturated carbocycles. The molecule has 7 heteroatoms. The van der Waals surface area contributed by atoms with E-state index in [9.17, 15) is 14.4 Å². The van der Waals surface area contributed by atoms with E-state index in [1.165, 1.54) is 0 Å². The average Bonchev–Trinajstić information content (AvgIpc) is 3.57. The smallest absolute Gasteiger partial charge is 0.303 e. The van der Waals surface area contributed by atoms with E-state index in [1.807, 2.05) is 64.4 Å². The molecule has 1 aliphatic heterocycles. The zero-order valence-electron chi connectivity index (χ0n) is 19.1. The molecule has 7 nitrogen and oxygen atoms in total. The van der Waals surface area contributed by atoms with Gasteiger partial charge in [-0.2, -0.15) is 0 Å². The summed E-state index contributed by atoms with van der Waals surface area (Å²) >= 11 is 0. The molecule has 5 rings (SSSR count). The molecule has 0 saturated heterocycles. The standard InChI is InChI=1S/C27H30N2O5/c30-24(15-16-26(32)33)28(18-13-14-18)27-20-9-4-5-11-22(20)29(23-12-6-10-21(23)27)25(31)17-34-19-7-2-1-3-8-19/h1-5,7-9,11,18,21,23,27H,6,10,12-17H2,(H,32,33). The second kappa shape index (κ2) is 9.49. The maximum Gasteiger partial charge on any atom is 0.303 e. The molecule has 34 heavy (non-hydrogen) atoms. The van der Waals surface area contributed by atoms with Crippen molar-refractivity contribution >= 4 is 23.5 Å². The zero-order chi connectivity index (χ0) is 23.7. The summed E-state index contributed by atoms with van der Waals surface area (Å²) in [5.74, 6) is -0.345. The molecule has 2 aromatic rings. The predicted octanol–water partition coefficient (Wildman–Crippen LogP) is 4.18. The number of aliphatic carboxylic acids is 1. The van der Waals surface area contributed by atoms with Gasteiger partial charge in [-0.15, -0.1) is 0 Å². The van der Waals surface area contributed by atoms with Gasteiger partial charge in [0.2, 0.25) is 5.91 Å². The highest BCUT2D eigenvalue weighted by Gasteiger charge is 2.51. The molecule has 2 fully saturated rings. The molecule has 2 amide bonds. The van der Waals surface area contributed by atoms with Gasteiger partial charge in [-0.25, -0.2) is 0 Å². The number of ether oxygens (including phenoxy) is 1. The van der Waals surface area contributed by atoms with E-state index < -0.39 is 5.97 Å². The lowest BCUT2D eigenvalue weighted by Crippen LogP contribution is -2.53. The van der Waals surface area contributed by atoms with Gasteiger partial charge < -0.3 is 19.6 Å². The number of carbonyl (C=O) groups excluding carboxylic acids is 2. The van der Waals surface area contributed by atoms with E-state index >= 15 is 0 Å². The number of fused-ring (bicyclic) bond motifs is 2. The third-order valence-corrected chi connectivity index (χ3v) is 7.24. The molecule has 178 valence electrons. The van der Waals surface area contributed by atoms with Crippen LogP contribution in [0.25, 0.3) is 0 Å². The number of hydrogen-bond donors (Lipinski definition) is 1. The van der Waals surface area contributed by atoms with Gasteiger partial charge in [0, 0.05) is 30.1 Å². The molecule has 0 spiro atoms. The number of benzene rings is 2. The van der Waals surface area contributed by atoms with Crippen molar-refractivity contribution in [3.05, 3.63) is 60.2 Å². The molecule has 1 heterocycles. The SMILES string of the molecule is O=C(O)CCC(=O)N(C1CC1)C1c2ccccc2N(C(=O)COc2ccccc2)C2CCCC21. The highest BCUT2D eigenvalue weighted by atomic mass is 16.5. The fraction of sp³-hybridized carbons (Fsp3) is 0.444. The monoisotopic (exact) mass is 462 g/mol. The Morgan fingerprint density at radius 3 is 2.41 bits per heavy atom. The number of nitrogens with zero attached hydrogens (tertiary/aromatic N) is 2. The van der Waals surface area contributed by atoms with Crippen LogP contribution in [0.15, 0.2) is 54.6 Å². The first-order chi connectivity index (χ1) is 16.5. The Morgan fingerprint density at radius 1 is 0.941 bits per heavy atom. The normalized spacial score (nSPS) is 23.1. The molecular formula is C27H30N2O5. The number of para-hydroxylation sites is 2. The van der Waals surface area contributed by atoms with Crippen molar-refractivity contribution in [2.75, 3.05) is 11.5 Å². The summed E-state index contributed by atoms with van der Waals surface area (Å²) < 4.78 is 5.79. The summed E-state index contributed by atoms with van der Waals surface area (Å²) in [6.07, 6.45) is 4.55. The van der Waals surface area contributed by atoms with Gasteiger partial charge in [-0.05, 0) is 49.4 Å². The minimum Gasteiger partial charge on any atom is -0.484 e. The molecule has 0 aromatic heterocycles. The van der Waals surface area contributed by atoms with Gasteiger partial charge >= 0.3 is 5.97 Å². The number of amides is 2. The molecular weight excluding hydrogens is 432 g/mol. The van der Waals surface area contributed by atoms with Crippen LogP contribution in [0, 0.1) is 5.92 Å². The first-order valence-corrected chi connectivity index (χ1v) is 12.2. The molecule has 3 unspecified atom stereocenters. The predicted molar refractivity (Wildman–Crippen MR) is 126 cm³/mol. The number of anilines is 1. The van der Waals surface area contributed by atoms with Crippen molar-refractivity contribution in [1.82, 2.24) is 4.90 Å². The third-order valence-electron chi connectivity index (χ3n) is 7.24. The number of carboxylic acids is 1. The summed E-state index contributed by atoms with van der Waals surface area (Å²) in [6, 6.07) is 17.2. The van der Waals surface area contributed by atoms with Crippen molar-refractivity contribution in [3.63, 3.8) is 0 Å². The van der Waals surface area contributed by atoms with Gasteiger partial charge in [0.05, 0.1) is 12.5 Å². The second-order valence-electron chi connectivity index (χ2n) is 9.46. The molecule has 0 radical (unpaired) electrons. The summed E-state index contributed by atoms with van der Waals surface area (Å²) in [6.45, 7) is -0.0455. The Hall–Kier alpha value is -3.35. The van der Waals surface area contributed by atoms with Crippen LogP contribution < -0.4 is 9.64 Å². The van der Waals surface area contributed by atoms with E-state index in [4.69, 9.17) is 9.84 Å². The molecule has 1 N–H and O–H groups in total. The Morgan fingerprint density at radius 2 is 1.68 bits per heavy atom. The Kier molecular flexibility index (Phi) is 6.26. The maximum atomic E-state index is 13.5.